The molecule has 2 atom stereocenters. The molecule has 1 aliphatic rings. The van der Waals surface area contributed by atoms with Gasteiger partial charge in [0.15, 0.2) is 0 Å². The van der Waals surface area contributed by atoms with Crippen LogP contribution in [0.15, 0.2) is 60.7 Å². The Morgan fingerprint density at radius 2 is 1.54 bits per heavy atom. The van der Waals surface area contributed by atoms with Crippen molar-refractivity contribution in [1.82, 2.24) is 0 Å². The number of rotatable bonds is 7. The largest absolute Gasteiger partial charge is 0.407 e. The Morgan fingerprint density at radius 3 is 1.96 bits per heavy atom. The molecule has 0 saturated carbocycles. The fourth-order valence-corrected chi connectivity index (χ4v) is 8.92. The predicted molar refractivity (Wildman–Crippen MR) is 118 cm³/mol. The van der Waals surface area contributed by atoms with E-state index in [2.05, 4.69) is 81.4 Å². The van der Waals surface area contributed by atoms with Crippen molar-refractivity contribution in [3.8, 4) is 0 Å². The Bertz CT molecular complexity index is 664. The first-order valence-corrected chi connectivity index (χ1v) is 12.4. The van der Waals surface area contributed by atoms with Crippen molar-refractivity contribution in [2.75, 3.05) is 19.8 Å². The van der Waals surface area contributed by atoms with E-state index in [0.717, 1.165) is 19.3 Å². The number of hydrogen-bond acceptors (Lipinski definition) is 3. The lowest BCUT2D eigenvalue weighted by Crippen LogP contribution is -2.66. The third-order valence-corrected chi connectivity index (χ3v) is 10.9. The minimum Gasteiger partial charge on any atom is -0.407 e. The van der Waals surface area contributed by atoms with Crippen LogP contribution in [-0.2, 0) is 9.16 Å². The van der Waals surface area contributed by atoms with Gasteiger partial charge in [-0.2, -0.15) is 0 Å². The van der Waals surface area contributed by atoms with Gasteiger partial charge in [-0.05, 0) is 34.7 Å². The average molecular weight is 399 g/mol. The van der Waals surface area contributed by atoms with Gasteiger partial charge in [0.2, 0.25) is 0 Å². The highest BCUT2D eigenvalue weighted by molar-refractivity contribution is 6.99. The minimum absolute atomic E-state index is 0.00507. The summed E-state index contributed by atoms with van der Waals surface area (Å²) in [6.45, 7) is 8.51. The van der Waals surface area contributed by atoms with Crippen LogP contribution in [-0.4, -0.2) is 39.3 Å². The smallest absolute Gasteiger partial charge is 0.261 e. The molecule has 1 heterocycles. The number of ether oxygens (including phenoxy) is 1. The minimum atomic E-state index is -2.45. The third-order valence-electron chi connectivity index (χ3n) is 5.90. The van der Waals surface area contributed by atoms with E-state index in [4.69, 9.17) is 9.16 Å². The van der Waals surface area contributed by atoms with Crippen LogP contribution in [0.4, 0.5) is 0 Å². The van der Waals surface area contributed by atoms with Gasteiger partial charge in [-0.15, -0.1) is 0 Å². The number of benzene rings is 2. The highest BCUT2D eigenvalue weighted by Crippen LogP contribution is 2.37. The maximum atomic E-state index is 9.30. The molecule has 0 spiro atoms. The first kappa shape index (κ1) is 21.3. The lowest BCUT2D eigenvalue weighted by atomic mass is 9.98. The molecule has 3 nitrogen and oxygen atoms in total. The summed E-state index contributed by atoms with van der Waals surface area (Å²) in [5.74, 6) is 0.300. The molecule has 1 saturated heterocycles. The van der Waals surface area contributed by atoms with Crippen molar-refractivity contribution in [3.63, 3.8) is 0 Å². The monoisotopic (exact) mass is 398 g/mol. The fraction of sp³-hybridized carbons (Fsp3) is 0.500. The zero-order chi connectivity index (χ0) is 20.0. The van der Waals surface area contributed by atoms with Crippen molar-refractivity contribution in [3.05, 3.63) is 60.7 Å². The molecule has 1 aliphatic heterocycles. The van der Waals surface area contributed by atoms with Crippen LogP contribution >= 0.6 is 0 Å². The van der Waals surface area contributed by atoms with E-state index in [1.807, 2.05) is 0 Å². The summed E-state index contributed by atoms with van der Waals surface area (Å²) in [5, 5.41) is 11.9. The summed E-state index contributed by atoms with van der Waals surface area (Å²) in [4.78, 5) is 0. The molecule has 0 aromatic heterocycles. The molecule has 1 fully saturated rings. The maximum absolute atomic E-state index is 9.30. The zero-order valence-electron chi connectivity index (χ0n) is 17.4. The molecule has 0 bridgehead atoms. The number of aliphatic hydroxyl groups excluding tert-OH is 1. The predicted octanol–water partition coefficient (Wildman–Crippen LogP) is 3.74. The van der Waals surface area contributed by atoms with Gasteiger partial charge in [0.05, 0.1) is 12.7 Å². The Balaban J connectivity index is 1.83. The summed E-state index contributed by atoms with van der Waals surface area (Å²) in [6.07, 6.45) is 3.19. The molecule has 152 valence electrons. The van der Waals surface area contributed by atoms with E-state index < -0.39 is 8.32 Å². The van der Waals surface area contributed by atoms with Crippen molar-refractivity contribution < 1.29 is 14.3 Å². The molecule has 1 N–H and O–H groups in total. The third kappa shape index (κ3) is 4.57. The van der Waals surface area contributed by atoms with E-state index >= 15 is 0 Å². The van der Waals surface area contributed by atoms with E-state index in [1.54, 1.807) is 0 Å². The molecule has 3 rings (SSSR count). The van der Waals surface area contributed by atoms with Crippen LogP contribution in [0.25, 0.3) is 0 Å². The molecular formula is C24H34O3Si. The highest BCUT2D eigenvalue weighted by atomic mass is 28.4. The Kier molecular flexibility index (Phi) is 7.10. The van der Waals surface area contributed by atoms with E-state index in [0.29, 0.717) is 19.1 Å². The van der Waals surface area contributed by atoms with Crippen LogP contribution in [0.5, 0.6) is 0 Å². The van der Waals surface area contributed by atoms with E-state index in [-0.39, 0.29) is 17.7 Å². The number of aliphatic hydroxyl groups is 1. The summed E-state index contributed by atoms with van der Waals surface area (Å²) >= 11 is 0. The van der Waals surface area contributed by atoms with Gasteiger partial charge in [0.25, 0.3) is 8.32 Å². The quantitative estimate of drug-likeness (QED) is 0.722. The van der Waals surface area contributed by atoms with E-state index in [9.17, 15) is 5.11 Å². The molecule has 4 heteroatoms. The van der Waals surface area contributed by atoms with Gasteiger partial charge in [0.1, 0.15) is 0 Å². The Labute approximate surface area is 170 Å². The topological polar surface area (TPSA) is 38.7 Å². The second kappa shape index (κ2) is 9.36. The SMILES string of the molecule is CC(C)(C)[Si](OCC[C@H]1CC[C@@H](CO)CO1)(c1ccccc1)c1ccccc1. The lowest BCUT2D eigenvalue weighted by molar-refractivity contribution is -0.0381. The van der Waals surface area contributed by atoms with Crippen LogP contribution in [0, 0.1) is 5.92 Å². The van der Waals surface area contributed by atoms with Gasteiger partial charge in [-0.1, -0.05) is 81.4 Å². The molecule has 0 unspecified atom stereocenters. The van der Waals surface area contributed by atoms with Crippen molar-refractivity contribution in [1.29, 1.82) is 0 Å². The first-order chi connectivity index (χ1) is 13.5. The summed E-state index contributed by atoms with van der Waals surface area (Å²) in [5.41, 5.74) is 0. The van der Waals surface area contributed by atoms with Crippen molar-refractivity contribution in [2.45, 2.75) is 51.2 Å². The van der Waals surface area contributed by atoms with Gasteiger partial charge in [0, 0.05) is 19.1 Å². The van der Waals surface area contributed by atoms with Gasteiger partial charge < -0.3 is 14.3 Å². The molecule has 0 radical (unpaired) electrons. The number of hydrogen-bond donors (Lipinski definition) is 1. The Hall–Kier alpha value is -1.46. The molecule has 2 aromatic carbocycles. The van der Waals surface area contributed by atoms with Gasteiger partial charge in [-0.25, -0.2) is 0 Å². The normalized spacial score (nSPS) is 20.9. The van der Waals surface area contributed by atoms with Gasteiger partial charge in [-0.3, -0.25) is 0 Å². The second-order valence-electron chi connectivity index (χ2n) is 8.88. The highest BCUT2D eigenvalue weighted by Gasteiger charge is 2.50. The maximum Gasteiger partial charge on any atom is 0.261 e. The lowest BCUT2D eigenvalue weighted by Gasteiger charge is -2.43. The molecule has 0 aliphatic carbocycles. The van der Waals surface area contributed by atoms with E-state index in [1.165, 1.54) is 10.4 Å². The van der Waals surface area contributed by atoms with Crippen molar-refractivity contribution >= 4 is 18.7 Å². The zero-order valence-corrected chi connectivity index (χ0v) is 18.4. The molecule has 0 amide bonds. The standard InChI is InChI=1S/C24H34O3Si/c1-24(2,3)28(22-10-6-4-7-11-22,23-12-8-5-9-13-23)27-17-16-21-15-14-20(18-25)19-26-21/h4-13,20-21,25H,14-19H2,1-3H3/t20-,21+/m0/s1. The van der Waals surface area contributed by atoms with Gasteiger partial charge >= 0.3 is 0 Å². The van der Waals surface area contributed by atoms with Crippen LogP contribution < -0.4 is 10.4 Å². The summed E-state index contributed by atoms with van der Waals surface area (Å²) in [7, 11) is -2.45. The summed E-state index contributed by atoms with van der Waals surface area (Å²) in [6, 6.07) is 21.5. The fourth-order valence-electron chi connectivity index (χ4n) is 4.34. The first-order valence-electron chi connectivity index (χ1n) is 10.4. The van der Waals surface area contributed by atoms with Crippen LogP contribution in [0.2, 0.25) is 5.04 Å². The molecular weight excluding hydrogens is 364 g/mol. The Morgan fingerprint density at radius 1 is 0.964 bits per heavy atom. The van der Waals surface area contributed by atoms with Crippen LogP contribution in [0.3, 0.4) is 0 Å². The van der Waals surface area contributed by atoms with Crippen LogP contribution in [0.1, 0.15) is 40.0 Å². The second-order valence-corrected chi connectivity index (χ2v) is 13.2. The average Bonchev–Trinajstić information content (AvgIpc) is 2.72. The molecule has 2 aromatic rings. The van der Waals surface area contributed by atoms with Crippen molar-refractivity contribution in [2.24, 2.45) is 5.92 Å². The molecule has 28 heavy (non-hydrogen) atoms. The summed E-state index contributed by atoms with van der Waals surface area (Å²) < 4.78 is 12.9.